The Balaban J connectivity index is 1.62. The zero-order valence-corrected chi connectivity index (χ0v) is 14.2. The third-order valence-electron chi connectivity index (χ3n) is 3.95. The molecule has 1 aromatic carbocycles. The number of hydrogen-bond acceptors (Lipinski definition) is 4. The van der Waals surface area contributed by atoms with Gasteiger partial charge in [-0.25, -0.2) is 9.50 Å². The van der Waals surface area contributed by atoms with Gasteiger partial charge in [-0.15, -0.1) is 5.10 Å². The molecule has 0 aliphatic carbocycles. The fourth-order valence-corrected chi connectivity index (χ4v) is 2.66. The van der Waals surface area contributed by atoms with Crippen molar-refractivity contribution in [2.75, 3.05) is 6.54 Å². The number of nitrogens with zero attached hydrogens (tertiary/aromatic N) is 4. The molecular weight excluding hydrogens is 302 g/mol. The third-order valence-corrected chi connectivity index (χ3v) is 3.95. The molecule has 0 aliphatic heterocycles. The maximum Gasteiger partial charge on any atom is 0.252 e. The molecule has 124 valence electrons. The Bertz CT molecular complexity index is 856. The topological polar surface area (TPSA) is 72.2 Å². The SMILES string of the molecule is Cc1cc(C)n2nc(CC(=O)NCC(C)c3ccccc3)nc2n1. The minimum absolute atomic E-state index is 0.0805. The second kappa shape index (κ2) is 6.78. The van der Waals surface area contributed by atoms with Crippen LogP contribution in [-0.2, 0) is 11.2 Å². The van der Waals surface area contributed by atoms with Gasteiger partial charge < -0.3 is 5.32 Å². The lowest BCUT2D eigenvalue weighted by Crippen LogP contribution is -2.29. The molecule has 3 rings (SSSR count). The van der Waals surface area contributed by atoms with Gasteiger partial charge in [0.15, 0.2) is 5.82 Å². The molecule has 2 aromatic heterocycles. The average molecular weight is 323 g/mol. The van der Waals surface area contributed by atoms with Crippen LogP contribution in [0, 0.1) is 13.8 Å². The van der Waals surface area contributed by atoms with Gasteiger partial charge in [-0.3, -0.25) is 4.79 Å². The van der Waals surface area contributed by atoms with Crippen LogP contribution in [0.2, 0.25) is 0 Å². The van der Waals surface area contributed by atoms with Crippen LogP contribution < -0.4 is 5.32 Å². The molecule has 2 heterocycles. The zero-order chi connectivity index (χ0) is 17.1. The average Bonchev–Trinajstić information content (AvgIpc) is 2.96. The van der Waals surface area contributed by atoms with Crippen LogP contribution in [0.3, 0.4) is 0 Å². The highest BCUT2D eigenvalue weighted by molar-refractivity contribution is 5.77. The summed E-state index contributed by atoms with van der Waals surface area (Å²) >= 11 is 0. The van der Waals surface area contributed by atoms with E-state index in [1.807, 2.05) is 38.1 Å². The highest BCUT2D eigenvalue weighted by Crippen LogP contribution is 2.13. The quantitative estimate of drug-likeness (QED) is 0.781. The molecular formula is C18H21N5O. The molecule has 0 radical (unpaired) electrons. The predicted molar refractivity (Wildman–Crippen MR) is 91.8 cm³/mol. The van der Waals surface area contributed by atoms with Gasteiger partial charge in [0, 0.05) is 17.9 Å². The van der Waals surface area contributed by atoms with Crippen molar-refractivity contribution >= 4 is 11.7 Å². The summed E-state index contributed by atoms with van der Waals surface area (Å²) in [6.45, 7) is 6.54. The van der Waals surface area contributed by atoms with E-state index in [0.717, 1.165) is 11.4 Å². The first-order chi connectivity index (χ1) is 11.5. The summed E-state index contributed by atoms with van der Waals surface area (Å²) in [7, 11) is 0. The van der Waals surface area contributed by atoms with Gasteiger partial charge in [0.05, 0.1) is 6.42 Å². The number of fused-ring (bicyclic) bond motifs is 1. The van der Waals surface area contributed by atoms with Gasteiger partial charge in [0.1, 0.15) is 0 Å². The van der Waals surface area contributed by atoms with Crippen LogP contribution >= 0.6 is 0 Å². The number of carbonyl (C=O) groups is 1. The lowest BCUT2D eigenvalue weighted by molar-refractivity contribution is -0.120. The number of aromatic nitrogens is 4. The molecule has 1 unspecified atom stereocenters. The first-order valence-electron chi connectivity index (χ1n) is 8.04. The molecule has 0 bridgehead atoms. The second-order valence-corrected chi connectivity index (χ2v) is 6.07. The minimum Gasteiger partial charge on any atom is -0.355 e. The maximum atomic E-state index is 12.2. The number of amides is 1. The van der Waals surface area contributed by atoms with Gasteiger partial charge >= 0.3 is 0 Å². The van der Waals surface area contributed by atoms with E-state index in [4.69, 9.17) is 0 Å². The molecule has 6 heteroatoms. The van der Waals surface area contributed by atoms with Crippen LogP contribution in [0.5, 0.6) is 0 Å². The van der Waals surface area contributed by atoms with Gasteiger partial charge in [0.25, 0.3) is 5.78 Å². The van der Waals surface area contributed by atoms with E-state index in [0.29, 0.717) is 18.1 Å². The smallest absolute Gasteiger partial charge is 0.252 e. The minimum atomic E-state index is -0.0805. The molecule has 1 amide bonds. The molecule has 0 fully saturated rings. The Labute approximate surface area is 141 Å². The van der Waals surface area contributed by atoms with E-state index in [1.54, 1.807) is 4.52 Å². The number of rotatable bonds is 5. The van der Waals surface area contributed by atoms with Crippen molar-refractivity contribution in [2.45, 2.75) is 33.1 Å². The maximum absolute atomic E-state index is 12.2. The Kier molecular flexibility index (Phi) is 4.55. The molecule has 24 heavy (non-hydrogen) atoms. The monoisotopic (exact) mass is 323 g/mol. The van der Waals surface area contributed by atoms with E-state index < -0.39 is 0 Å². The largest absolute Gasteiger partial charge is 0.355 e. The van der Waals surface area contributed by atoms with E-state index in [1.165, 1.54) is 5.56 Å². The Morgan fingerprint density at radius 1 is 1.21 bits per heavy atom. The summed E-state index contributed by atoms with van der Waals surface area (Å²) < 4.78 is 1.67. The molecule has 0 spiro atoms. The van der Waals surface area contributed by atoms with E-state index in [9.17, 15) is 4.79 Å². The normalized spacial score (nSPS) is 12.3. The zero-order valence-electron chi connectivity index (χ0n) is 14.2. The first kappa shape index (κ1) is 16.1. The van der Waals surface area contributed by atoms with Crippen molar-refractivity contribution < 1.29 is 4.79 Å². The Hall–Kier alpha value is -2.76. The summed E-state index contributed by atoms with van der Waals surface area (Å²) in [5.74, 6) is 1.20. The summed E-state index contributed by atoms with van der Waals surface area (Å²) in [4.78, 5) is 20.8. The number of benzene rings is 1. The highest BCUT2D eigenvalue weighted by atomic mass is 16.1. The van der Waals surface area contributed by atoms with Crippen molar-refractivity contribution in [1.29, 1.82) is 0 Å². The molecule has 6 nitrogen and oxygen atoms in total. The van der Waals surface area contributed by atoms with Crippen LogP contribution in [0.15, 0.2) is 36.4 Å². The fourth-order valence-electron chi connectivity index (χ4n) is 2.66. The van der Waals surface area contributed by atoms with Gasteiger partial charge in [-0.2, -0.15) is 4.98 Å². The van der Waals surface area contributed by atoms with Gasteiger partial charge in [-0.1, -0.05) is 37.3 Å². The third kappa shape index (κ3) is 3.59. The number of hydrogen-bond donors (Lipinski definition) is 1. The van der Waals surface area contributed by atoms with E-state index in [2.05, 4.69) is 39.4 Å². The fraction of sp³-hybridized carbons (Fsp3) is 0.333. The molecule has 1 atom stereocenters. The van der Waals surface area contributed by atoms with Crippen molar-refractivity contribution in [1.82, 2.24) is 24.9 Å². The highest BCUT2D eigenvalue weighted by Gasteiger charge is 2.13. The van der Waals surface area contributed by atoms with Crippen molar-refractivity contribution in [3.8, 4) is 0 Å². The number of carbonyl (C=O) groups excluding carboxylic acids is 1. The van der Waals surface area contributed by atoms with E-state index in [-0.39, 0.29) is 18.2 Å². The van der Waals surface area contributed by atoms with Crippen LogP contribution in [0.1, 0.15) is 35.6 Å². The molecule has 3 aromatic rings. The molecule has 0 saturated heterocycles. The van der Waals surface area contributed by atoms with Gasteiger partial charge in [0.2, 0.25) is 5.91 Å². The van der Waals surface area contributed by atoms with Gasteiger partial charge in [-0.05, 0) is 31.4 Å². The summed E-state index contributed by atoms with van der Waals surface area (Å²) in [6, 6.07) is 12.1. The summed E-state index contributed by atoms with van der Waals surface area (Å²) in [5, 5.41) is 7.31. The summed E-state index contributed by atoms with van der Waals surface area (Å²) in [6.07, 6.45) is 0.156. The van der Waals surface area contributed by atoms with Crippen molar-refractivity contribution in [3.63, 3.8) is 0 Å². The van der Waals surface area contributed by atoms with E-state index >= 15 is 0 Å². The lowest BCUT2D eigenvalue weighted by Gasteiger charge is -2.12. The predicted octanol–water partition coefficient (Wildman–Crippen LogP) is 2.20. The van der Waals surface area contributed by atoms with Crippen LogP contribution in [0.25, 0.3) is 5.78 Å². The van der Waals surface area contributed by atoms with Crippen LogP contribution in [-0.4, -0.2) is 32.0 Å². The Morgan fingerprint density at radius 2 is 1.96 bits per heavy atom. The van der Waals surface area contributed by atoms with Crippen LogP contribution in [0.4, 0.5) is 0 Å². The lowest BCUT2D eigenvalue weighted by atomic mass is 10.0. The molecule has 1 N–H and O–H groups in total. The number of aryl methyl sites for hydroxylation is 2. The Morgan fingerprint density at radius 3 is 2.71 bits per heavy atom. The first-order valence-corrected chi connectivity index (χ1v) is 8.04. The number of nitrogens with one attached hydrogen (secondary N) is 1. The molecule has 0 saturated carbocycles. The standard InChI is InChI=1S/C18H21N5O/c1-12(15-7-5-4-6-8-15)11-19-17(24)10-16-21-18-20-13(2)9-14(3)23(18)22-16/h4-9,12H,10-11H2,1-3H3,(H,19,24). The second-order valence-electron chi connectivity index (χ2n) is 6.07. The van der Waals surface area contributed by atoms with Crippen molar-refractivity contribution in [2.24, 2.45) is 0 Å². The summed E-state index contributed by atoms with van der Waals surface area (Å²) in [5.41, 5.74) is 3.05. The van der Waals surface area contributed by atoms with Crippen molar-refractivity contribution in [3.05, 3.63) is 59.2 Å². The molecule has 0 aliphatic rings.